The maximum atomic E-state index is 4.15. The van der Waals surface area contributed by atoms with Crippen LogP contribution in [0.25, 0.3) is 17.0 Å². The van der Waals surface area contributed by atoms with Crippen LogP contribution < -0.4 is 0 Å². The fourth-order valence-electron chi connectivity index (χ4n) is 1.55. The molecule has 0 atom stereocenters. The Hall–Kier alpha value is -1.75. The van der Waals surface area contributed by atoms with Crippen molar-refractivity contribution in [3.8, 4) is 11.4 Å². The van der Waals surface area contributed by atoms with Crippen molar-refractivity contribution < 1.29 is 0 Å². The maximum absolute atomic E-state index is 4.15. The summed E-state index contributed by atoms with van der Waals surface area (Å²) in [6, 6.07) is 7.97. The first-order chi connectivity index (χ1) is 7.84. The molecule has 4 nitrogen and oxygen atoms in total. The van der Waals surface area contributed by atoms with Crippen molar-refractivity contribution >= 4 is 21.6 Å². The zero-order valence-corrected chi connectivity index (χ0v) is 9.79. The molecule has 5 heteroatoms. The summed E-state index contributed by atoms with van der Waals surface area (Å²) in [7, 11) is 0. The zero-order chi connectivity index (χ0) is 11.0. The van der Waals surface area contributed by atoms with Crippen molar-refractivity contribution in [2.24, 2.45) is 0 Å². The van der Waals surface area contributed by atoms with Gasteiger partial charge in [-0.1, -0.05) is 28.1 Å². The SMILES string of the molecule is Brc1ccc(-c2nnc3cnccn23)cc1. The minimum Gasteiger partial charge on any atom is -0.280 e. The molecule has 2 heterocycles. The van der Waals surface area contributed by atoms with Gasteiger partial charge in [-0.05, 0) is 12.1 Å². The molecular formula is C11H7BrN4. The summed E-state index contributed by atoms with van der Waals surface area (Å²) in [5.74, 6) is 0.824. The van der Waals surface area contributed by atoms with Crippen LogP contribution in [0.5, 0.6) is 0 Å². The van der Waals surface area contributed by atoms with Gasteiger partial charge in [0.05, 0.1) is 6.20 Å². The quantitative estimate of drug-likeness (QED) is 0.685. The summed E-state index contributed by atoms with van der Waals surface area (Å²) in [5.41, 5.74) is 1.78. The van der Waals surface area contributed by atoms with E-state index in [1.54, 1.807) is 12.4 Å². The summed E-state index contributed by atoms with van der Waals surface area (Å²) < 4.78 is 2.96. The van der Waals surface area contributed by atoms with Crippen molar-refractivity contribution in [1.82, 2.24) is 19.6 Å². The van der Waals surface area contributed by atoms with Gasteiger partial charge in [0.2, 0.25) is 0 Å². The van der Waals surface area contributed by atoms with Gasteiger partial charge in [0.1, 0.15) is 0 Å². The van der Waals surface area contributed by atoms with Gasteiger partial charge in [-0.25, -0.2) is 0 Å². The molecule has 1 aromatic carbocycles. The Morgan fingerprint density at radius 3 is 2.69 bits per heavy atom. The van der Waals surface area contributed by atoms with E-state index in [0.717, 1.165) is 21.5 Å². The summed E-state index contributed by atoms with van der Waals surface area (Å²) in [6.07, 6.45) is 5.26. The Morgan fingerprint density at radius 1 is 1.06 bits per heavy atom. The number of benzene rings is 1. The average Bonchev–Trinajstić information content (AvgIpc) is 2.74. The van der Waals surface area contributed by atoms with E-state index < -0.39 is 0 Å². The van der Waals surface area contributed by atoms with E-state index >= 15 is 0 Å². The second kappa shape index (κ2) is 3.68. The lowest BCUT2D eigenvalue weighted by molar-refractivity contribution is 1.11. The molecular weight excluding hydrogens is 268 g/mol. The molecule has 3 rings (SSSR count). The van der Waals surface area contributed by atoms with Crippen LogP contribution >= 0.6 is 15.9 Å². The van der Waals surface area contributed by atoms with Gasteiger partial charge in [-0.3, -0.25) is 9.38 Å². The van der Waals surface area contributed by atoms with Crippen molar-refractivity contribution in [3.63, 3.8) is 0 Å². The number of nitrogens with zero attached hydrogens (tertiary/aromatic N) is 4. The van der Waals surface area contributed by atoms with Crippen LogP contribution in [0.1, 0.15) is 0 Å². The minimum absolute atomic E-state index is 0.750. The van der Waals surface area contributed by atoms with Crippen molar-refractivity contribution in [2.45, 2.75) is 0 Å². The molecule has 0 saturated carbocycles. The van der Waals surface area contributed by atoms with Crippen LogP contribution in [-0.2, 0) is 0 Å². The van der Waals surface area contributed by atoms with Crippen LogP contribution in [0.2, 0.25) is 0 Å². The van der Waals surface area contributed by atoms with E-state index in [2.05, 4.69) is 31.1 Å². The van der Waals surface area contributed by atoms with Crippen molar-refractivity contribution in [2.75, 3.05) is 0 Å². The predicted octanol–water partition coefficient (Wildman–Crippen LogP) is 2.55. The Balaban J connectivity index is 2.22. The molecule has 0 aliphatic carbocycles. The monoisotopic (exact) mass is 274 g/mol. The first-order valence-corrected chi connectivity index (χ1v) is 5.54. The topological polar surface area (TPSA) is 43.1 Å². The fraction of sp³-hybridized carbons (Fsp3) is 0. The third-order valence-electron chi connectivity index (χ3n) is 2.32. The number of halogens is 1. The molecule has 0 amide bonds. The summed E-state index contributed by atoms with van der Waals surface area (Å²) in [6.45, 7) is 0. The van der Waals surface area contributed by atoms with E-state index in [-0.39, 0.29) is 0 Å². The fourth-order valence-corrected chi connectivity index (χ4v) is 1.81. The first kappa shape index (κ1) is 9.47. The molecule has 0 fully saturated rings. The van der Waals surface area contributed by atoms with E-state index in [1.807, 2.05) is 34.9 Å². The van der Waals surface area contributed by atoms with Crippen LogP contribution in [0, 0.1) is 0 Å². The van der Waals surface area contributed by atoms with E-state index in [1.165, 1.54) is 0 Å². The molecule has 0 aliphatic rings. The average molecular weight is 275 g/mol. The lowest BCUT2D eigenvalue weighted by Gasteiger charge is -1.99. The normalized spacial score (nSPS) is 10.8. The molecule has 0 N–H and O–H groups in total. The standard InChI is InChI=1S/C11H7BrN4/c12-9-3-1-8(2-4-9)11-15-14-10-7-13-5-6-16(10)11/h1-7H. The second-order valence-corrected chi connectivity index (χ2v) is 4.25. The molecule has 0 spiro atoms. The molecule has 16 heavy (non-hydrogen) atoms. The third kappa shape index (κ3) is 1.49. The molecule has 0 radical (unpaired) electrons. The maximum Gasteiger partial charge on any atom is 0.179 e. The lowest BCUT2D eigenvalue weighted by atomic mass is 10.2. The smallest absolute Gasteiger partial charge is 0.179 e. The highest BCUT2D eigenvalue weighted by molar-refractivity contribution is 9.10. The van der Waals surface area contributed by atoms with Crippen LogP contribution in [0.4, 0.5) is 0 Å². The van der Waals surface area contributed by atoms with Gasteiger partial charge in [-0.15, -0.1) is 10.2 Å². The predicted molar refractivity (Wildman–Crippen MR) is 63.9 cm³/mol. The molecule has 0 aliphatic heterocycles. The van der Waals surface area contributed by atoms with Gasteiger partial charge in [0.25, 0.3) is 0 Å². The third-order valence-corrected chi connectivity index (χ3v) is 2.85. The highest BCUT2D eigenvalue weighted by Gasteiger charge is 2.06. The van der Waals surface area contributed by atoms with Gasteiger partial charge in [0, 0.05) is 22.4 Å². The Morgan fingerprint density at radius 2 is 1.88 bits per heavy atom. The summed E-state index contributed by atoms with van der Waals surface area (Å²) in [5, 5.41) is 8.21. The van der Waals surface area contributed by atoms with Crippen molar-refractivity contribution in [3.05, 3.63) is 47.3 Å². The van der Waals surface area contributed by atoms with Gasteiger partial charge in [-0.2, -0.15) is 0 Å². The highest BCUT2D eigenvalue weighted by atomic mass is 79.9. The molecule has 2 aromatic heterocycles. The number of fused-ring (bicyclic) bond motifs is 1. The van der Waals surface area contributed by atoms with E-state index in [9.17, 15) is 0 Å². The second-order valence-electron chi connectivity index (χ2n) is 3.34. The van der Waals surface area contributed by atoms with Crippen LogP contribution in [-0.4, -0.2) is 19.6 Å². The van der Waals surface area contributed by atoms with Crippen LogP contribution in [0.3, 0.4) is 0 Å². The summed E-state index contributed by atoms with van der Waals surface area (Å²) in [4.78, 5) is 4.00. The number of hydrogen-bond acceptors (Lipinski definition) is 3. The molecule has 78 valence electrons. The van der Waals surface area contributed by atoms with Crippen LogP contribution in [0.15, 0.2) is 47.3 Å². The Labute approximate surface area is 100 Å². The molecule has 0 bridgehead atoms. The minimum atomic E-state index is 0.750. The summed E-state index contributed by atoms with van der Waals surface area (Å²) >= 11 is 3.41. The Kier molecular flexibility index (Phi) is 2.18. The Bertz CT molecular complexity index is 630. The zero-order valence-electron chi connectivity index (χ0n) is 8.21. The van der Waals surface area contributed by atoms with Gasteiger partial charge >= 0.3 is 0 Å². The van der Waals surface area contributed by atoms with Crippen molar-refractivity contribution in [1.29, 1.82) is 0 Å². The molecule has 3 aromatic rings. The first-order valence-electron chi connectivity index (χ1n) is 4.75. The van der Waals surface area contributed by atoms with E-state index in [4.69, 9.17) is 0 Å². The van der Waals surface area contributed by atoms with Gasteiger partial charge < -0.3 is 0 Å². The highest BCUT2D eigenvalue weighted by Crippen LogP contribution is 2.20. The van der Waals surface area contributed by atoms with Gasteiger partial charge in [0.15, 0.2) is 11.5 Å². The number of hydrogen-bond donors (Lipinski definition) is 0. The van der Waals surface area contributed by atoms with E-state index in [0.29, 0.717) is 0 Å². The largest absolute Gasteiger partial charge is 0.280 e. The number of rotatable bonds is 1. The molecule has 0 saturated heterocycles. The molecule has 0 unspecified atom stereocenters. The number of aromatic nitrogens is 4. The lowest BCUT2D eigenvalue weighted by Crippen LogP contribution is -1.89.